The van der Waals surface area contributed by atoms with E-state index in [9.17, 15) is 4.79 Å². The summed E-state index contributed by atoms with van der Waals surface area (Å²) in [4.78, 5) is 11.2. The minimum atomic E-state index is -0.0953. The van der Waals surface area contributed by atoms with Gasteiger partial charge >= 0.3 is 0 Å². The Labute approximate surface area is 115 Å². The van der Waals surface area contributed by atoms with Gasteiger partial charge < -0.3 is 5.32 Å². The van der Waals surface area contributed by atoms with E-state index >= 15 is 0 Å². The van der Waals surface area contributed by atoms with E-state index in [2.05, 4.69) is 29.2 Å². The number of carbonyl (C=O) groups is 1. The number of aryl methyl sites for hydroxylation is 2. The monoisotopic (exact) mass is 261 g/mol. The third-order valence-electron chi connectivity index (χ3n) is 2.89. The molecular weight excluding hydrogens is 238 g/mol. The number of aromatic nitrogens is 2. The van der Waals surface area contributed by atoms with Crippen molar-refractivity contribution in [3.8, 4) is 11.8 Å². The number of nitrogens with zero attached hydrogens (tertiary/aromatic N) is 2. The molecule has 0 atom stereocenters. The maximum absolute atomic E-state index is 11.2. The van der Waals surface area contributed by atoms with Gasteiger partial charge in [-0.25, -0.2) is 0 Å². The number of rotatable bonds is 5. The number of carbonyl (C=O) groups excluding carboxylic acids is 1. The van der Waals surface area contributed by atoms with Crippen LogP contribution < -0.4 is 5.32 Å². The van der Waals surface area contributed by atoms with E-state index in [1.54, 1.807) is 4.68 Å². The van der Waals surface area contributed by atoms with Gasteiger partial charge in [0.25, 0.3) is 0 Å². The molecule has 1 amide bonds. The zero-order chi connectivity index (χ0) is 14.3. The molecule has 0 aromatic carbocycles. The van der Waals surface area contributed by atoms with Crippen molar-refractivity contribution in [3.05, 3.63) is 11.4 Å². The zero-order valence-electron chi connectivity index (χ0n) is 12.3. The summed E-state index contributed by atoms with van der Waals surface area (Å²) in [6.07, 6.45) is 5.76. The molecule has 0 bridgehead atoms. The first-order valence-corrected chi connectivity index (χ1v) is 6.86. The Kier molecular flexibility index (Phi) is 6.14. The molecule has 1 N–H and O–H groups in total. The fourth-order valence-corrected chi connectivity index (χ4v) is 1.91. The van der Waals surface area contributed by atoms with Crippen LogP contribution in [0.3, 0.4) is 0 Å². The molecular formula is C15H23N3O. The number of hydrogen-bond acceptors (Lipinski definition) is 2. The summed E-state index contributed by atoms with van der Waals surface area (Å²) in [5, 5.41) is 7.09. The molecule has 19 heavy (non-hydrogen) atoms. The van der Waals surface area contributed by atoms with E-state index in [1.165, 1.54) is 26.2 Å². The van der Waals surface area contributed by atoms with E-state index in [4.69, 9.17) is 0 Å². The molecule has 0 aliphatic rings. The zero-order valence-corrected chi connectivity index (χ0v) is 12.3. The van der Waals surface area contributed by atoms with Crippen molar-refractivity contribution in [2.75, 3.05) is 5.32 Å². The Morgan fingerprint density at radius 2 is 2.11 bits per heavy atom. The predicted molar refractivity (Wildman–Crippen MR) is 77.9 cm³/mol. The normalized spacial score (nSPS) is 9.89. The van der Waals surface area contributed by atoms with Crippen LogP contribution in [0, 0.1) is 18.8 Å². The van der Waals surface area contributed by atoms with E-state index in [0.29, 0.717) is 0 Å². The number of unbranched alkanes of at least 4 members (excludes halogenated alkanes) is 4. The molecule has 4 nitrogen and oxygen atoms in total. The molecule has 1 heterocycles. The van der Waals surface area contributed by atoms with Gasteiger partial charge in [0, 0.05) is 20.4 Å². The summed E-state index contributed by atoms with van der Waals surface area (Å²) in [5.41, 5.74) is 2.31. The van der Waals surface area contributed by atoms with Crippen LogP contribution in [0.4, 0.5) is 5.69 Å². The first kappa shape index (κ1) is 15.3. The summed E-state index contributed by atoms with van der Waals surface area (Å²) in [6.45, 7) is 5.57. The number of nitrogens with one attached hydrogen (secondary N) is 1. The molecule has 0 aliphatic carbocycles. The summed E-state index contributed by atoms with van der Waals surface area (Å²) in [6, 6.07) is 0. The van der Waals surface area contributed by atoms with Gasteiger partial charge in [0.05, 0.1) is 11.4 Å². The highest BCUT2D eigenvalue weighted by Crippen LogP contribution is 2.18. The molecule has 0 saturated carbocycles. The highest BCUT2D eigenvalue weighted by molar-refractivity contribution is 5.90. The third kappa shape index (κ3) is 4.78. The second-order valence-corrected chi connectivity index (χ2v) is 4.73. The lowest BCUT2D eigenvalue weighted by Crippen LogP contribution is -2.08. The Balaban J connectivity index is 2.71. The summed E-state index contributed by atoms with van der Waals surface area (Å²) in [5.74, 6) is 6.19. The van der Waals surface area contributed by atoms with Crippen molar-refractivity contribution in [1.29, 1.82) is 0 Å². The van der Waals surface area contributed by atoms with Gasteiger partial charge in [0.2, 0.25) is 5.91 Å². The lowest BCUT2D eigenvalue weighted by molar-refractivity contribution is -0.114. The minimum Gasteiger partial charge on any atom is -0.322 e. The van der Waals surface area contributed by atoms with Crippen LogP contribution >= 0.6 is 0 Å². The lowest BCUT2D eigenvalue weighted by Gasteiger charge is -2.00. The van der Waals surface area contributed by atoms with Crippen LogP contribution in [0.2, 0.25) is 0 Å². The summed E-state index contributed by atoms with van der Waals surface area (Å²) in [7, 11) is 1.85. The van der Waals surface area contributed by atoms with Crippen LogP contribution in [0.5, 0.6) is 0 Å². The van der Waals surface area contributed by atoms with Gasteiger partial charge in [-0.2, -0.15) is 5.10 Å². The molecule has 4 heteroatoms. The standard InChI is InChI=1S/C15H23N3O/c1-5-6-7-8-9-10-11-14-15(16-13(3)19)12(2)17-18(14)4/h5-9H2,1-4H3,(H,16,19). The second kappa shape index (κ2) is 7.63. The average Bonchev–Trinajstić information content (AvgIpc) is 2.59. The van der Waals surface area contributed by atoms with Crippen molar-refractivity contribution in [1.82, 2.24) is 9.78 Å². The Bertz CT molecular complexity index is 491. The van der Waals surface area contributed by atoms with Gasteiger partial charge in [-0.3, -0.25) is 9.48 Å². The molecule has 0 saturated heterocycles. The van der Waals surface area contributed by atoms with Crippen LogP contribution in [0.25, 0.3) is 0 Å². The first-order chi connectivity index (χ1) is 9.06. The van der Waals surface area contributed by atoms with Crippen molar-refractivity contribution in [2.24, 2.45) is 7.05 Å². The van der Waals surface area contributed by atoms with Gasteiger partial charge in [-0.1, -0.05) is 32.1 Å². The topological polar surface area (TPSA) is 46.9 Å². The van der Waals surface area contributed by atoms with Crippen molar-refractivity contribution in [3.63, 3.8) is 0 Å². The quantitative estimate of drug-likeness (QED) is 0.654. The molecule has 1 rings (SSSR count). The third-order valence-corrected chi connectivity index (χ3v) is 2.89. The van der Waals surface area contributed by atoms with Crippen LogP contribution in [-0.2, 0) is 11.8 Å². The number of amides is 1. The van der Waals surface area contributed by atoms with Crippen LogP contribution in [-0.4, -0.2) is 15.7 Å². The smallest absolute Gasteiger partial charge is 0.221 e. The largest absolute Gasteiger partial charge is 0.322 e. The maximum atomic E-state index is 11.2. The van der Waals surface area contributed by atoms with E-state index < -0.39 is 0 Å². The van der Waals surface area contributed by atoms with Gasteiger partial charge in [-0.15, -0.1) is 0 Å². The Morgan fingerprint density at radius 1 is 1.37 bits per heavy atom. The number of hydrogen-bond donors (Lipinski definition) is 1. The maximum Gasteiger partial charge on any atom is 0.221 e. The fourth-order valence-electron chi connectivity index (χ4n) is 1.91. The van der Waals surface area contributed by atoms with E-state index in [-0.39, 0.29) is 5.91 Å². The predicted octanol–water partition coefficient (Wildman–Crippen LogP) is 3.01. The molecule has 0 unspecified atom stereocenters. The minimum absolute atomic E-state index is 0.0953. The van der Waals surface area contributed by atoms with Crippen LogP contribution in [0.15, 0.2) is 0 Å². The molecule has 1 aromatic rings. The Hall–Kier alpha value is -1.76. The van der Waals surface area contributed by atoms with Crippen molar-refractivity contribution < 1.29 is 4.79 Å². The molecule has 0 spiro atoms. The molecule has 0 radical (unpaired) electrons. The molecule has 104 valence electrons. The first-order valence-electron chi connectivity index (χ1n) is 6.86. The molecule has 0 aliphatic heterocycles. The van der Waals surface area contributed by atoms with Crippen molar-refractivity contribution >= 4 is 11.6 Å². The highest BCUT2D eigenvalue weighted by Gasteiger charge is 2.12. The number of anilines is 1. The fraction of sp³-hybridized carbons (Fsp3) is 0.600. The Morgan fingerprint density at radius 3 is 2.74 bits per heavy atom. The SMILES string of the molecule is CCCCCCC#Cc1c(NC(C)=O)c(C)nn1C. The van der Waals surface area contributed by atoms with Gasteiger partial charge in [-0.05, 0) is 19.3 Å². The lowest BCUT2D eigenvalue weighted by atomic mass is 10.1. The second-order valence-electron chi connectivity index (χ2n) is 4.73. The van der Waals surface area contributed by atoms with Gasteiger partial charge in [0.15, 0.2) is 0 Å². The average molecular weight is 261 g/mol. The summed E-state index contributed by atoms with van der Waals surface area (Å²) >= 11 is 0. The van der Waals surface area contributed by atoms with E-state index in [0.717, 1.165) is 29.9 Å². The molecule has 0 fully saturated rings. The van der Waals surface area contributed by atoms with E-state index in [1.807, 2.05) is 14.0 Å². The van der Waals surface area contributed by atoms with Crippen molar-refractivity contribution in [2.45, 2.75) is 52.9 Å². The summed E-state index contributed by atoms with van der Waals surface area (Å²) < 4.78 is 1.72. The highest BCUT2D eigenvalue weighted by atomic mass is 16.1. The van der Waals surface area contributed by atoms with Gasteiger partial charge in [0.1, 0.15) is 5.69 Å². The molecule has 1 aromatic heterocycles. The van der Waals surface area contributed by atoms with Crippen LogP contribution in [0.1, 0.15) is 57.3 Å².